The average molecular weight is 541 g/mol. The Morgan fingerprint density at radius 1 is 0.816 bits per heavy atom. The van der Waals surface area contributed by atoms with Gasteiger partial charge in [0.1, 0.15) is 22.9 Å². The number of halogens is 7. The topological polar surface area (TPSA) is 18.5 Å². The number of hydrogen-bond acceptors (Lipinski definition) is 2. The zero-order valence-electron chi connectivity index (χ0n) is 20.7. The molecule has 0 radical (unpaired) electrons. The van der Waals surface area contributed by atoms with E-state index in [-0.39, 0.29) is 23.8 Å². The van der Waals surface area contributed by atoms with Gasteiger partial charge in [0.2, 0.25) is 0 Å². The molecule has 0 aromatic heterocycles. The van der Waals surface area contributed by atoms with E-state index in [1.807, 2.05) is 0 Å². The summed E-state index contributed by atoms with van der Waals surface area (Å²) < 4.78 is 109. The molecule has 1 aliphatic rings. The molecule has 9 heteroatoms. The van der Waals surface area contributed by atoms with Gasteiger partial charge in [0, 0.05) is 12.1 Å². The fraction of sp³-hybridized carbons (Fsp3) is 0.379. The number of unbranched alkanes of at least 4 members (excludes halogenated alkanes) is 2. The second kappa shape index (κ2) is 11.8. The summed E-state index contributed by atoms with van der Waals surface area (Å²) in [5.74, 6) is -9.31. The van der Waals surface area contributed by atoms with Crippen LogP contribution in [-0.2, 0) is 10.8 Å². The van der Waals surface area contributed by atoms with Gasteiger partial charge in [-0.1, -0.05) is 50.5 Å². The maximum absolute atomic E-state index is 14.7. The van der Waals surface area contributed by atoms with Crippen LogP contribution in [0.2, 0.25) is 0 Å². The minimum Gasteiger partial charge on any atom is -0.429 e. The van der Waals surface area contributed by atoms with Crippen molar-refractivity contribution < 1.29 is 40.2 Å². The highest BCUT2D eigenvalue weighted by Crippen LogP contribution is 2.38. The molecule has 2 unspecified atom stereocenters. The van der Waals surface area contributed by atoms with Gasteiger partial charge in [-0.3, -0.25) is 0 Å². The molecule has 1 heterocycles. The van der Waals surface area contributed by atoms with E-state index in [9.17, 15) is 30.7 Å². The molecule has 38 heavy (non-hydrogen) atoms. The van der Waals surface area contributed by atoms with Crippen molar-refractivity contribution in [2.24, 2.45) is 5.92 Å². The van der Waals surface area contributed by atoms with Crippen LogP contribution in [0.25, 0.3) is 11.1 Å². The summed E-state index contributed by atoms with van der Waals surface area (Å²) in [6.07, 6.45) is 1.92. The van der Waals surface area contributed by atoms with Gasteiger partial charge in [0.05, 0.1) is 12.7 Å². The summed E-state index contributed by atoms with van der Waals surface area (Å²) in [7, 11) is 0. The lowest BCUT2D eigenvalue weighted by atomic mass is 9.90. The Bertz CT molecular complexity index is 1210. The number of hydrogen-bond donors (Lipinski definition) is 0. The van der Waals surface area contributed by atoms with Crippen LogP contribution in [0.4, 0.5) is 30.7 Å². The van der Waals surface area contributed by atoms with Crippen LogP contribution in [0.3, 0.4) is 0 Å². The monoisotopic (exact) mass is 540 g/mol. The normalized spacial score (nSPS) is 18.0. The first-order valence-corrected chi connectivity index (χ1v) is 12.5. The third-order valence-electron chi connectivity index (χ3n) is 6.74. The Balaban J connectivity index is 1.47. The van der Waals surface area contributed by atoms with E-state index in [4.69, 9.17) is 4.74 Å². The highest BCUT2D eigenvalue weighted by molar-refractivity contribution is 5.64. The largest absolute Gasteiger partial charge is 0.432 e. The van der Waals surface area contributed by atoms with Crippen LogP contribution in [0.15, 0.2) is 48.5 Å². The molecule has 0 saturated carbocycles. The van der Waals surface area contributed by atoms with Crippen LogP contribution in [-0.4, -0.2) is 6.61 Å². The second-order valence-corrected chi connectivity index (χ2v) is 9.52. The third kappa shape index (κ3) is 6.31. The lowest BCUT2D eigenvalue weighted by molar-refractivity contribution is -0.189. The van der Waals surface area contributed by atoms with Crippen molar-refractivity contribution in [2.45, 2.75) is 57.7 Å². The van der Waals surface area contributed by atoms with Crippen molar-refractivity contribution in [1.82, 2.24) is 0 Å². The van der Waals surface area contributed by atoms with Crippen LogP contribution in [0.5, 0.6) is 5.75 Å². The molecule has 3 aromatic rings. The highest BCUT2D eigenvalue weighted by Gasteiger charge is 2.41. The van der Waals surface area contributed by atoms with Gasteiger partial charge in [0.15, 0.2) is 17.5 Å². The van der Waals surface area contributed by atoms with E-state index in [0.29, 0.717) is 30.2 Å². The Kier molecular flexibility index (Phi) is 8.65. The molecule has 0 spiro atoms. The highest BCUT2D eigenvalue weighted by atomic mass is 19.3. The minimum atomic E-state index is -4.64. The summed E-state index contributed by atoms with van der Waals surface area (Å²) in [6, 6.07) is 8.54. The van der Waals surface area contributed by atoms with Crippen LogP contribution >= 0.6 is 0 Å². The number of benzene rings is 3. The maximum Gasteiger partial charge on any atom is 0.432 e. The van der Waals surface area contributed by atoms with Crippen molar-refractivity contribution >= 4 is 0 Å². The molecule has 2 nitrogen and oxygen atoms in total. The van der Waals surface area contributed by atoms with E-state index in [1.54, 1.807) is 24.3 Å². The van der Waals surface area contributed by atoms with Gasteiger partial charge in [-0.2, -0.15) is 8.78 Å². The van der Waals surface area contributed by atoms with Crippen LogP contribution in [0, 0.1) is 35.0 Å². The third-order valence-corrected chi connectivity index (χ3v) is 6.74. The molecular weight excluding hydrogens is 513 g/mol. The molecule has 0 bridgehead atoms. The molecule has 0 amide bonds. The zero-order valence-corrected chi connectivity index (χ0v) is 20.7. The van der Waals surface area contributed by atoms with E-state index in [0.717, 1.165) is 24.8 Å². The number of rotatable bonds is 9. The quantitative estimate of drug-likeness (QED) is 0.153. The number of ether oxygens (including phenoxy) is 2. The molecule has 204 valence electrons. The smallest absolute Gasteiger partial charge is 0.429 e. The SMILES string of the molecule is CCCCCC1CCC(c2ccc(-c3cc(F)c(C(F)(F)Oc4cc(F)c(F)c(F)c4)c(F)c3)cc2)OC1. The van der Waals surface area contributed by atoms with E-state index in [1.165, 1.54) is 19.3 Å². The second-order valence-electron chi connectivity index (χ2n) is 9.52. The van der Waals surface area contributed by atoms with Crippen LogP contribution in [0.1, 0.15) is 62.7 Å². The first kappa shape index (κ1) is 28.0. The van der Waals surface area contributed by atoms with Crippen molar-refractivity contribution in [1.29, 1.82) is 0 Å². The average Bonchev–Trinajstić information content (AvgIpc) is 2.87. The minimum absolute atomic E-state index is 0.00511. The van der Waals surface area contributed by atoms with Crippen molar-refractivity contribution in [3.8, 4) is 16.9 Å². The van der Waals surface area contributed by atoms with Gasteiger partial charge in [-0.05, 0) is 54.0 Å². The summed E-state index contributed by atoms with van der Waals surface area (Å²) in [5.41, 5.74) is -0.437. The van der Waals surface area contributed by atoms with Crippen molar-refractivity contribution in [3.05, 3.63) is 88.7 Å². The Hall–Kier alpha value is -3.07. The predicted molar refractivity (Wildman–Crippen MR) is 128 cm³/mol. The molecule has 1 aliphatic heterocycles. The number of alkyl halides is 2. The fourth-order valence-electron chi connectivity index (χ4n) is 4.68. The summed E-state index contributed by atoms with van der Waals surface area (Å²) >= 11 is 0. The molecule has 4 rings (SSSR count). The van der Waals surface area contributed by atoms with E-state index in [2.05, 4.69) is 11.7 Å². The Morgan fingerprint density at radius 2 is 1.45 bits per heavy atom. The molecule has 0 N–H and O–H groups in total. The van der Waals surface area contributed by atoms with Crippen molar-refractivity contribution in [3.63, 3.8) is 0 Å². The summed E-state index contributed by atoms with van der Waals surface area (Å²) in [4.78, 5) is 0. The van der Waals surface area contributed by atoms with Crippen molar-refractivity contribution in [2.75, 3.05) is 6.61 Å². The predicted octanol–water partition coefficient (Wildman–Crippen LogP) is 9.23. The van der Waals surface area contributed by atoms with Gasteiger partial charge in [-0.25, -0.2) is 22.0 Å². The van der Waals surface area contributed by atoms with E-state index < -0.39 is 46.5 Å². The molecule has 1 fully saturated rings. The Labute approximate surface area is 216 Å². The Morgan fingerprint density at radius 3 is 2.00 bits per heavy atom. The van der Waals surface area contributed by atoms with Crippen LogP contribution < -0.4 is 4.74 Å². The lowest BCUT2D eigenvalue weighted by Crippen LogP contribution is -2.25. The molecule has 1 saturated heterocycles. The fourth-order valence-corrected chi connectivity index (χ4v) is 4.68. The standard InChI is InChI=1S/C29H27F7O2/c1-2-3-4-5-17-6-11-26(37-16-17)19-9-7-18(8-10-19)20-12-22(30)27(23(31)13-20)29(35,36)38-21-14-24(32)28(34)25(33)15-21/h7-10,12-15,17,26H,2-6,11,16H2,1H3. The lowest BCUT2D eigenvalue weighted by Gasteiger charge is -2.29. The first-order valence-electron chi connectivity index (χ1n) is 12.5. The first-order chi connectivity index (χ1) is 18.1. The maximum atomic E-state index is 14.7. The van der Waals surface area contributed by atoms with Gasteiger partial charge in [-0.15, -0.1) is 0 Å². The molecule has 3 aromatic carbocycles. The molecule has 0 aliphatic carbocycles. The zero-order chi connectivity index (χ0) is 27.4. The van der Waals surface area contributed by atoms with Gasteiger partial charge in [0.25, 0.3) is 0 Å². The van der Waals surface area contributed by atoms with E-state index >= 15 is 0 Å². The summed E-state index contributed by atoms with van der Waals surface area (Å²) in [6.45, 7) is 2.85. The summed E-state index contributed by atoms with van der Waals surface area (Å²) in [5, 5.41) is 0. The molecular formula is C29H27F7O2. The van der Waals surface area contributed by atoms with Gasteiger partial charge >= 0.3 is 6.11 Å². The van der Waals surface area contributed by atoms with Gasteiger partial charge < -0.3 is 9.47 Å². The molecule has 2 atom stereocenters.